The lowest BCUT2D eigenvalue weighted by atomic mass is 9.87. The minimum Gasteiger partial charge on any atom is -0.475 e. The zero-order chi connectivity index (χ0) is 14.9. The van der Waals surface area contributed by atoms with Gasteiger partial charge in [-0.1, -0.05) is 32.9 Å². The first-order chi connectivity index (χ1) is 9.27. The van der Waals surface area contributed by atoms with Gasteiger partial charge >= 0.3 is 5.97 Å². The monoisotopic (exact) mass is 274 g/mol. The standard InChI is InChI=1S/C15H18N2O3/c1-9-12(13(18)19)20-14(16-9)17-11-7-5-10(6-8-11)15(2,3)4/h5-8H,1-4H3,(H,16,17)(H,18,19). The largest absolute Gasteiger partial charge is 0.475 e. The molecule has 0 aliphatic carbocycles. The van der Waals surface area contributed by atoms with Gasteiger partial charge in [-0.25, -0.2) is 4.79 Å². The van der Waals surface area contributed by atoms with Gasteiger partial charge in [0, 0.05) is 5.69 Å². The zero-order valence-corrected chi connectivity index (χ0v) is 12.0. The Morgan fingerprint density at radius 3 is 2.30 bits per heavy atom. The topological polar surface area (TPSA) is 75.4 Å². The van der Waals surface area contributed by atoms with E-state index < -0.39 is 5.97 Å². The maximum atomic E-state index is 10.9. The van der Waals surface area contributed by atoms with Crippen LogP contribution in [0.2, 0.25) is 0 Å². The molecule has 2 N–H and O–H groups in total. The van der Waals surface area contributed by atoms with Crippen molar-refractivity contribution in [2.75, 3.05) is 5.32 Å². The van der Waals surface area contributed by atoms with Crippen LogP contribution in [0.5, 0.6) is 0 Å². The van der Waals surface area contributed by atoms with E-state index in [1.807, 2.05) is 24.3 Å². The van der Waals surface area contributed by atoms with Crippen molar-refractivity contribution in [3.8, 4) is 0 Å². The van der Waals surface area contributed by atoms with Crippen molar-refractivity contribution >= 4 is 17.7 Å². The number of rotatable bonds is 3. The highest BCUT2D eigenvalue weighted by molar-refractivity contribution is 5.85. The van der Waals surface area contributed by atoms with Gasteiger partial charge in [-0.3, -0.25) is 0 Å². The highest BCUT2D eigenvalue weighted by Crippen LogP contribution is 2.25. The van der Waals surface area contributed by atoms with Crippen molar-refractivity contribution in [3.05, 3.63) is 41.3 Å². The Morgan fingerprint density at radius 1 is 1.25 bits per heavy atom. The van der Waals surface area contributed by atoms with Gasteiger partial charge in [0.25, 0.3) is 6.01 Å². The second-order valence-corrected chi connectivity index (χ2v) is 5.69. The number of oxazole rings is 1. The summed E-state index contributed by atoms with van der Waals surface area (Å²) in [6.45, 7) is 8.03. The number of carbonyl (C=O) groups is 1. The molecule has 1 aromatic heterocycles. The molecular formula is C15H18N2O3. The minimum atomic E-state index is -1.12. The Balaban J connectivity index is 2.18. The lowest BCUT2D eigenvalue weighted by Crippen LogP contribution is -2.10. The van der Waals surface area contributed by atoms with Crippen LogP contribution in [0.3, 0.4) is 0 Å². The maximum Gasteiger partial charge on any atom is 0.373 e. The predicted octanol–water partition coefficient (Wildman–Crippen LogP) is 3.72. The van der Waals surface area contributed by atoms with E-state index >= 15 is 0 Å². The molecule has 0 amide bonds. The minimum absolute atomic E-state index is 0.0918. The third-order valence-electron chi connectivity index (χ3n) is 2.99. The first-order valence-electron chi connectivity index (χ1n) is 6.35. The number of aromatic nitrogens is 1. The second kappa shape index (κ2) is 5.00. The Morgan fingerprint density at radius 2 is 1.85 bits per heavy atom. The molecule has 0 bridgehead atoms. The summed E-state index contributed by atoms with van der Waals surface area (Å²) in [6.07, 6.45) is 0. The van der Waals surface area contributed by atoms with Crippen molar-refractivity contribution < 1.29 is 14.3 Å². The SMILES string of the molecule is Cc1nc(Nc2ccc(C(C)(C)C)cc2)oc1C(=O)O. The van der Waals surface area contributed by atoms with Crippen molar-refractivity contribution in [1.29, 1.82) is 0 Å². The summed E-state index contributed by atoms with van der Waals surface area (Å²) >= 11 is 0. The van der Waals surface area contributed by atoms with Crippen LogP contribution in [0.1, 0.15) is 42.6 Å². The smallest absolute Gasteiger partial charge is 0.373 e. The number of carboxylic acids is 1. The Hall–Kier alpha value is -2.30. The Kier molecular flexibility index (Phi) is 3.53. The highest BCUT2D eigenvalue weighted by atomic mass is 16.4. The Bertz CT molecular complexity index is 622. The molecule has 0 aliphatic rings. The summed E-state index contributed by atoms with van der Waals surface area (Å²) < 4.78 is 5.16. The van der Waals surface area contributed by atoms with Crippen LogP contribution in [-0.4, -0.2) is 16.1 Å². The van der Waals surface area contributed by atoms with Crippen molar-refractivity contribution in [3.63, 3.8) is 0 Å². The van der Waals surface area contributed by atoms with Crippen LogP contribution < -0.4 is 5.32 Å². The van der Waals surface area contributed by atoms with Gasteiger partial charge in [-0.15, -0.1) is 0 Å². The molecule has 0 saturated carbocycles. The van der Waals surface area contributed by atoms with Crippen molar-refractivity contribution in [2.24, 2.45) is 0 Å². The number of aryl methyl sites for hydroxylation is 1. The molecule has 0 spiro atoms. The molecule has 0 fully saturated rings. The van der Waals surface area contributed by atoms with Gasteiger partial charge in [0.1, 0.15) is 0 Å². The zero-order valence-electron chi connectivity index (χ0n) is 12.0. The second-order valence-electron chi connectivity index (χ2n) is 5.69. The molecule has 2 rings (SSSR count). The van der Waals surface area contributed by atoms with Crippen LogP contribution in [-0.2, 0) is 5.41 Å². The molecule has 0 saturated heterocycles. The fourth-order valence-electron chi connectivity index (χ4n) is 1.83. The van der Waals surface area contributed by atoms with Crippen molar-refractivity contribution in [2.45, 2.75) is 33.1 Å². The van der Waals surface area contributed by atoms with E-state index in [1.54, 1.807) is 6.92 Å². The van der Waals surface area contributed by atoms with Gasteiger partial charge in [0.2, 0.25) is 5.76 Å². The number of aromatic carboxylic acids is 1. The van der Waals surface area contributed by atoms with Crippen LogP contribution in [0.15, 0.2) is 28.7 Å². The Labute approximate surface area is 117 Å². The molecule has 1 heterocycles. The van der Waals surface area contributed by atoms with E-state index in [0.717, 1.165) is 5.69 Å². The molecule has 106 valence electrons. The number of benzene rings is 1. The third-order valence-corrected chi connectivity index (χ3v) is 2.99. The maximum absolute atomic E-state index is 10.9. The van der Waals surface area contributed by atoms with E-state index in [1.165, 1.54) is 5.56 Å². The molecule has 0 radical (unpaired) electrons. The number of nitrogens with zero attached hydrogens (tertiary/aromatic N) is 1. The number of carboxylic acid groups (broad SMARTS) is 1. The number of hydrogen-bond donors (Lipinski definition) is 2. The number of nitrogens with one attached hydrogen (secondary N) is 1. The van der Waals surface area contributed by atoms with E-state index in [-0.39, 0.29) is 17.2 Å². The summed E-state index contributed by atoms with van der Waals surface area (Å²) in [5.74, 6) is -1.26. The van der Waals surface area contributed by atoms with E-state index in [2.05, 4.69) is 31.1 Å². The van der Waals surface area contributed by atoms with E-state index in [4.69, 9.17) is 9.52 Å². The normalized spacial score (nSPS) is 11.4. The number of hydrogen-bond acceptors (Lipinski definition) is 4. The summed E-state index contributed by atoms with van der Waals surface area (Å²) in [4.78, 5) is 14.9. The average molecular weight is 274 g/mol. The first kappa shape index (κ1) is 14.1. The van der Waals surface area contributed by atoms with E-state index in [9.17, 15) is 4.79 Å². The van der Waals surface area contributed by atoms with Crippen LogP contribution >= 0.6 is 0 Å². The highest BCUT2D eigenvalue weighted by Gasteiger charge is 2.16. The molecule has 0 atom stereocenters. The third kappa shape index (κ3) is 2.99. The molecule has 20 heavy (non-hydrogen) atoms. The quantitative estimate of drug-likeness (QED) is 0.892. The summed E-state index contributed by atoms with van der Waals surface area (Å²) in [6, 6.07) is 8.07. The average Bonchev–Trinajstić information content (AvgIpc) is 2.70. The van der Waals surface area contributed by atoms with Crippen LogP contribution in [0.25, 0.3) is 0 Å². The molecule has 1 aromatic carbocycles. The number of anilines is 2. The molecule has 0 aliphatic heterocycles. The van der Waals surface area contributed by atoms with Gasteiger partial charge in [0.15, 0.2) is 0 Å². The summed E-state index contributed by atoms with van der Waals surface area (Å²) in [5, 5.41) is 11.9. The molecule has 5 heteroatoms. The summed E-state index contributed by atoms with van der Waals surface area (Å²) in [7, 11) is 0. The van der Waals surface area contributed by atoms with E-state index in [0.29, 0.717) is 5.69 Å². The van der Waals surface area contributed by atoms with Crippen molar-refractivity contribution in [1.82, 2.24) is 4.98 Å². The summed E-state index contributed by atoms with van der Waals surface area (Å²) in [5.41, 5.74) is 2.47. The van der Waals surface area contributed by atoms with Gasteiger partial charge in [-0.05, 0) is 30.0 Å². The lowest BCUT2D eigenvalue weighted by Gasteiger charge is -2.19. The van der Waals surface area contributed by atoms with Crippen LogP contribution in [0.4, 0.5) is 11.7 Å². The first-order valence-corrected chi connectivity index (χ1v) is 6.35. The van der Waals surface area contributed by atoms with Gasteiger partial charge in [-0.2, -0.15) is 4.98 Å². The molecule has 5 nitrogen and oxygen atoms in total. The predicted molar refractivity (Wildman–Crippen MR) is 76.6 cm³/mol. The molecular weight excluding hydrogens is 256 g/mol. The molecule has 2 aromatic rings. The van der Waals surface area contributed by atoms with Crippen LogP contribution in [0, 0.1) is 6.92 Å². The lowest BCUT2D eigenvalue weighted by molar-refractivity contribution is 0.0662. The fourth-order valence-corrected chi connectivity index (χ4v) is 1.83. The molecule has 0 unspecified atom stereocenters. The van der Waals surface area contributed by atoms with Gasteiger partial charge in [0.05, 0.1) is 5.69 Å². The van der Waals surface area contributed by atoms with Gasteiger partial charge < -0.3 is 14.8 Å². The fraction of sp³-hybridized carbons (Fsp3) is 0.333.